The van der Waals surface area contributed by atoms with E-state index in [0.717, 1.165) is 12.6 Å². The minimum absolute atomic E-state index is 0.302. The second kappa shape index (κ2) is 12.8. The van der Waals surface area contributed by atoms with Crippen LogP contribution in [0.4, 0.5) is 0 Å². The predicted octanol–water partition coefficient (Wildman–Crippen LogP) is 7.09. The molecule has 0 aliphatic carbocycles. The zero-order chi connectivity index (χ0) is 19.4. The first-order valence-corrected chi connectivity index (χ1v) is 14.6. The van der Waals surface area contributed by atoms with Gasteiger partial charge in [-0.25, -0.2) is 8.42 Å². The highest BCUT2D eigenvalue weighted by Gasteiger charge is 2.19. The summed E-state index contributed by atoms with van der Waals surface area (Å²) in [5.41, 5.74) is 0. The van der Waals surface area contributed by atoms with Gasteiger partial charge in [0.1, 0.15) is 0 Å². The average Bonchev–Trinajstić information content (AvgIpc) is 2.70. The van der Waals surface area contributed by atoms with Crippen molar-refractivity contribution in [2.45, 2.75) is 82.2 Å². The molecule has 2 atom stereocenters. The van der Waals surface area contributed by atoms with Crippen LogP contribution in [0.1, 0.15) is 71.1 Å². The van der Waals surface area contributed by atoms with Gasteiger partial charge < -0.3 is 4.51 Å². The fourth-order valence-corrected chi connectivity index (χ4v) is 11.0. The maximum atomic E-state index is 12.9. The molecule has 0 aliphatic heterocycles. The summed E-state index contributed by atoms with van der Waals surface area (Å²) in [5, 5.41) is 0. The largest absolute Gasteiger partial charge is 0.309 e. The molecule has 0 bridgehead atoms. The predicted molar refractivity (Wildman–Crippen MR) is 120 cm³/mol. The molecule has 1 aromatic carbocycles. The Kier molecular flexibility index (Phi) is 10.8. The third kappa shape index (κ3) is 7.78. The second-order valence-electron chi connectivity index (χ2n) is 6.76. The summed E-state index contributed by atoms with van der Waals surface area (Å²) in [6, 6.07) is 8.70. The molecule has 0 spiro atoms. The van der Waals surface area contributed by atoms with Crippen LogP contribution >= 0.6 is 24.9 Å². The molecule has 27 heavy (non-hydrogen) atoms. The number of aromatic nitrogens is 3. The standard InChI is InChI=1S/C18H32N3O2P3S/c1-2-3-4-5-6-7-8-9-10-14-17-26-20-24-19-25-21(26)27(22,23)18-15-12-11-13-16-18/h11-13,15-16,20,24H,2-10,14,17H2,1H3. The fourth-order valence-electron chi connectivity index (χ4n) is 2.99. The number of aromatic amines is 1. The highest BCUT2D eigenvalue weighted by Crippen LogP contribution is 2.35. The van der Waals surface area contributed by atoms with Gasteiger partial charge in [0, 0.05) is 22.5 Å². The van der Waals surface area contributed by atoms with Crippen molar-refractivity contribution in [2.75, 3.05) is 0 Å². The number of hydrogen-bond acceptors (Lipinski definition) is 3. The van der Waals surface area contributed by atoms with E-state index in [9.17, 15) is 8.42 Å². The van der Waals surface area contributed by atoms with E-state index in [1.165, 1.54) is 57.8 Å². The Morgan fingerprint density at radius 3 is 2.22 bits per heavy atom. The number of hydrogen-bond donors (Lipinski definition) is 1. The van der Waals surface area contributed by atoms with Gasteiger partial charge in [0.2, 0.25) is 0 Å². The van der Waals surface area contributed by atoms with Gasteiger partial charge in [0.15, 0.2) is 8.51 Å². The maximum absolute atomic E-state index is 12.9. The smallest absolute Gasteiger partial charge is 0.276 e. The van der Waals surface area contributed by atoms with Gasteiger partial charge in [-0.3, -0.25) is 0 Å². The molecule has 1 N–H and O–H groups in total. The minimum atomic E-state index is -3.48. The molecule has 1 heterocycles. The van der Waals surface area contributed by atoms with Crippen molar-refractivity contribution >= 4 is 34.9 Å². The minimum Gasteiger partial charge on any atom is -0.309 e. The number of H-pyrrole nitrogens is 1. The van der Waals surface area contributed by atoms with Crippen LogP contribution in [0.15, 0.2) is 35.2 Å². The monoisotopic (exact) mass is 447 g/mol. The molecule has 2 unspecified atom stereocenters. The lowest BCUT2D eigenvalue weighted by atomic mass is 10.1. The molecule has 9 heteroatoms. The normalized spacial score (nSPS) is 12.9. The van der Waals surface area contributed by atoms with Gasteiger partial charge in [-0.15, -0.1) is 0 Å². The molecule has 1 aromatic heterocycles. The number of benzene rings is 1. The third-order valence-electron chi connectivity index (χ3n) is 4.54. The number of nitrogens with one attached hydrogen (secondary N) is 1. The highest BCUT2D eigenvalue weighted by molar-refractivity contribution is 7.96. The highest BCUT2D eigenvalue weighted by atomic mass is 32.2. The number of nitrogens with zero attached hydrogens (tertiary/aromatic N) is 2. The molecule has 2 aromatic rings. The Morgan fingerprint density at radius 1 is 1.00 bits per heavy atom. The first-order valence-electron chi connectivity index (χ1n) is 9.95. The van der Waals surface area contributed by atoms with Crippen molar-refractivity contribution in [3.05, 3.63) is 30.3 Å². The topological polar surface area (TPSA) is 67.8 Å². The fraction of sp³-hybridized carbons (Fsp3) is 0.667. The second-order valence-corrected chi connectivity index (χ2v) is 13.5. The quantitative estimate of drug-likeness (QED) is 0.333. The van der Waals surface area contributed by atoms with Gasteiger partial charge in [0.05, 0.1) is 4.90 Å². The molecule has 0 radical (unpaired) electrons. The summed E-state index contributed by atoms with van der Waals surface area (Å²) in [4.78, 5) is 0.357. The average molecular weight is 447 g/mol. The Hall–Kier alpha value is -0.530. The Balaban J connectivity index is 1.80. The molecule has 2 rings (SSSR count). The van der Waals surface area contributed by atoms with Gasteiger partial charge >= 0.3 is 0 Å². The van der Waals surface area contributed by atoms with E-state index in [1.807, 2.05) is 6.07 Å². The van der Waals surface area contributed by atoms with Crippen LogP contribution in [-0.4, -0.2) is 20.9 Å². The molecule has 0 aliphatic rings. The number of aryl methyl sites for hydroxylation is 1. The van der Waals surface area contributed by atoms with Crippen LogP contribution in [0.2, 0.25) is 0 Å². The van der Waals surface area contributed by atoms with Crippen molar-refractivity contribution in [1.82, 2.24) is 12.5 Å². The van der Waals surface area contributed by atoms with E-state index >= 15 is 0 Å². The first-order chi connectivity index (χ1) is 13.2. The van der Waals surface area contributed by atoms with E-state index < -0.39 is 17.9 Å². The van der Waals surface area contributed by atoms with Crippen LogP contribution in [0.25, 0.3) is 0 Å². The van der Waals surface area contributed by atoms with Crippen LogP contribution in [0.5, 0.6) is 0 Å². The lowest BCUT2D eigenvalue weighted by Crippen LogP contribution is -2.10. The van der Waals surface area contributed by atoms with Crippen LogP contribution in [0, 0.1) is 0 Å². The lowest BCUT2D eigenvalue weighted by molar-refractivity contribution is 0.560. The van der Waals surface area contributed by atoms with Crippen molar-refractivity contribution in [3.63, 3.8) is 0 Å². The summed E-state index contributed by atoms with van der Waals surface area (Å²) in [6.45, 7) is 2.25. The summed E-state index contributed by atoms with van der Waals surface area (Å²) >= 11 is 0. The molecule has 0 amide bonds. The molecule has 0 fully saturated rings. The zero-order valence-electron chi connectivity index (χ0n) is 16.2. The Labute approximate surface area is 168 Å². The molecule has 0 saturated heterocycles. The van der Waals surface area contributed by atoms with Gasteiger partial charge in [-0.1, -0.05) is 82.9 Å². The number of rotatable bonds is 13. The van der Waals surface area contributed by atoms with E-state index in [0.29, 0.717) is 21.9 Å². The van der Waals surface area contributed by atoms with Crippen molar-refractivity contribution in [3.8, 4) is 0 Å². The van der Waals surface area contributed by atoms with Gasteiger partial charge in [-0.05, 0) is 18.6 Å². The summed E-state index contributed by atoms with van der Waals surface area (Å²) in [6.07, 6.45) is 13.9. The SMILES string of the molecule is CCCCCCCCCCCCp1[nH][pH]npn1S(=O)(=O)c1ccccc1. The van der Waals surface area contributed by atoms with Gasteiger partial charge in [-0.2, -0.15) is 8.01 Å². The molecule has 152 valence electrons. The molecular weight excluding hydrogens is 415 g/mol. The van der Waals surface area contributed by atoms with Crippen molar-refractivity contribution in [2.24, 2.45) is 0 Å². The van der Waals surface area contributed by atoms with Crippen molar-refractivity contribution in [1.29, 1.82) is 0 Å². The third-order valence-corrected chi connectivity index (χ3v) is 12.3. The molecular formula is C18H32N3O2P3S. The van der Waals surface area contributed by atoms with E-state index in [4.69, 9.17) is 0 Å². The summed E-state index contributed by atoms with van der Waals surface area (Å²) < 4.78 is 35.0. The molecule has 5 nitrogen and oxygen atoms in total. The zero-order valence-corrected chi connectivity index (χ0v) is 19.8. The Bertz CT molecular complexity index is 776. The molecule has 0 saturated carbocycles. The lowest BCUT2D eigenvalue weighted by Gasteiger charge is -2.13. The Morgan fingerprint density at radius 2 is 1.59 bits per heavy atom. The maximum Gasteiger partial charge on any atom is 0.276 e. The van der Waals surface area contributed by atoms with E-state index in [2.05, 4.69) is 15.9 Å². The van der Waals surface area contributed by atoms with Crippen LogP contribution in [-0.2, 0) is 16.2 Å². The van der Waals surface area contributed by atoms with E-state index in [1.54, 1.807) is 27.8 Å². The summed E-state index contributed by atoms with van der Waals surface area (Å²) in [7, 11) is -3.50. The van der Waals surface area contributed by atoms with E-state index in [-0.39, 0.29) is 0 Å². The summed E-state index contributed by atoms with van der Waals surface area (Å²) in [5.74, 6) is 0. The number of unbranched alkanes of at least 4 members (excludes halogenated alkanes) is 9. The van der Waals surface area contributed by atoms with Crippen molar-refractivity contribution < 1.29 is 8.42 Å². The van der Waals surface area contributed by atoms with Crippen LogP contribution < -0.4 is 0 Å². The first kappa shape index (κ1) is 22.8. The van der Waals surface area contributed by atoms with Crippen LogP contribution in [0.3, 0.4) is 0 Å². The van der Waals surface area contributed by atoms with Gasteiger partial charge in [0.25, 0.3) is 10.0 Å².